The highest BCUT2D eigenvalue weighted by atomic mass is 16.6. The van der Waals surface area contributed by atoms with Crippen LogP contribution in [0.2, 0.25) is 0 Å². The first-order valence-electron chi connectivity index (χ1n) is 13.7. The van der Waals surface area contributed by atoms with Crippen molar-refractivity contribution in [2.75, 3.05) is 36.0 Å². The third-order valence-corrected chi connectivity index (χ3v) is 6.95. The molecule has 7 N–H and O–H groups in total. The molecular weight excluding hydrogens is 532 g/mol. The van der Waals surface area contributed by atoms with Crippen LogP contribution in [-0.4, -0.2) is 89.8 Å². The first-order valence-corrected chi connectivity index (χ1v) is 13.7. The Morgan fingerprint density at radius 2 is 1.29 bits per heavy atom. The van der Waals surface area contributed by atoms with Gasteiger partial charge in [-0.3, -0.25) is 9.97 Å². The Morgan fingerprint density at radius 1 is 0.829 bits per heavy atom. The van der Waals surface area contributed by atoms with E-state index in [2.05, 4.69) is 55.0 Å². The van der Waals surface area contributed by atoms with Crippen LogP contribution in [0.3, 0.4) is 0 Å². The third-order valence-electron chi connectivity index (χ3n) is 6.95. The summed E-state index contributed by atoms with van der Waals surface area (Å²) in [7, 11) is 0. The zero-order chi connectivity index (χ0) is 29.1. The van der Waals surface area contributed by atoms with Crippen LogP contribution in [0.25, 0.3) is 22.3 Å². The van der Waals surface area contributed by atoms with Crippen LogP contribution in [0, 0.1) is 0 Å². The number of imidazole rings is 2. The van der Waals surface area contributed by atoms with Crippen LogP contribution in [0.15, 0.2) is 22.2 Å². The fraction of sp³-hybridized carbons (Fsp3) is 0.560. The molecule has 1 amide bonds. The van der Waals surface area contributed by atoms with E-state index >= 15 is 0 Å². The Bertz CT molecular complexity index is 1600. The van der Waals surface area contributed by atoms with Crippen LogP contribution in [0.4, 0.5) is 16.4 Å². The number of piperidine rings is 2. The van der Waals surface area contributed by atoms with Crippen LogP contribution in [-0.2, 0) is 4.74 Å². The van der Waals surface area contributed by atoms with E-state index in [0.29, 0.717) is 28.1 Å². The number of H-pyrrole nitrogens is 4. The van der Waals surface area contributed by atoms with E-state index < -0.39 is 5.60 Å². The molecule has 0 spiro atoms. The maximum atomic E-state index is 11.8. The summed E-state index contributed by atoms with van der Waals surface area (Å²) in [5.74, 6) is 1.48. The maximum absolute atomic E-state index is 11.8. The number of aromatic nitrogens is 8. The number of amides is 1. The van der Waals surface area contributed by atoms with Gasteiger partial charge in [-0.25, -0.2) is 34.3 Å². The van der Waals surface area contributed by atoms with Crippen molar-refractivity contribution < 1.29 is 9.53 Å². The predicted molar refractivity (Wildman–Crippen MR) is 153 cm³/mol. The van der Waals surface area contributed by atoms with E-state index in [1.807, 2.05) is 20.8 Å². The SMILES string of the molecule is CC(C)(C)OC(=O)NC1CCN(c2ncnc3[nH]c(=O)[nH]c23)CC1.NC1CCN(c2ncnc3[nH]c(=O)[nH]c23)CC1. The van der Waals surface area contributed by atoms with Crippen LogP contribution < -0.4 is 32.2 Å². The number of aromatic amines is 4. The molecule has 0 bridgehead atoms. The molecule has 0 saturated carbocycles. The Labute approximate surface area is 234 Å². The standard InChI is InChI=1S/C15H22N6O3.C10H14N6O/c1-15(2,3)24-14(23)18-9-4-6-21(7-5-9)12-10-11(16-8-17-12)20-13(22)19-10;11-6-1-3-16(4-2-6)9-7-8(12-5-13-9)15-10(17)14-7/h8-9H,4-7H2,1-3H3,(H,18,23)(H2,16,17,19,20,22);5-6H,1-4,11H2,(H2,12,13,14,15,17). The van der Waals surface area contributed by atoms with Gasteiger partial charge in [0.05, 0.1) is 0 Å². The number of nitrogens with one attached hydrogen (secondary N) is 5. The largest absolute Gasteiger partial charge is 0.444 e. The fourth-order valence-corrected chi connectivity index (χ4v) is 4.98. The summed E-state index contributed by atoms with van der Waals surface area (Å²) in [6.07, 6.45) is 5.96. The van der Waals surface area contributed by atoms with E-state index in [9.17, 15) is 14.4 Å². The van der Waals surface area contributed by atoms with Crippen molar-refractivity contribution >= 4 is 40.1 Å². The van der Waals surface area contributed by atoms with Gasteiger partial charge in [0.2, 0.25) is 0 Å². The summed E-state index contributed by atoms with van der Waals surface area (Å²) in [6, 6.07) is 0.340. The molecule has 4 aromatic rings. The molecule has 2 fully saturated rings. The summed E-state index contributed by atoms with van der Waals surface area (Å²) < 4.78 is 5.28. The molecule has 2 saturated heterocycles. The second-order valence-electron chi connectivity index (χ2n) is 11.2. The monoisotopic (exact) mass is 568 g/mol. The quantitative estimate of drug-likeness (QED) is 0.202. The number of alkyl carbamates (subject to hydrolysis) is 1. The number of ether oxygens (including phenoxy) is 1. The molecule has 16 heteroatoms. The first-order chi connectivity index (χ1) is 19.6. The Morgan fingerprint density at radius 3 is 1.76 bits per heavy atom. The van der Waals surface area contributed by atoms with Crippen molar-refractivity contribution in [2.24, 2.45) is 5.73 Å². The Balaban J connectivity index is 0.000000174. The highest BCUT2D eigenvalue weighted by Crippen LogP contribution is 2.23. The zero-order valence-corrected chi connectivity index (χ0v) is 23.4. The smallest absolute Gasteiger partial charge is 0.407 e. The van der Waals surface area contributed by atoms with Crippen molar-refractivity contribution in [1.29, 1.82) is 0 Å². The molecular formula is C25H36N12O4. The fourth-order valence-electron chi connectivity index (χ4n) is 4.98. The zero-order valence-electron chi connectivity index (χ0n) is 23.4. The van der Waals surface area contributed by atoms with Crippen LogP contribution in [0.1, 0.15) is 46.5 Å². The molecule has 4 aromatic heterocycles. The van der Waals surface area contributed by atoms with Gasteiger partial charge in [-0.05, 0) is 46.5 Å². The number of carbonyl (C=O) groups excluding carboxylic acids is 1. The maximum Gasteiger partial charge on any atom is 0.407 e. The molecule has 2 aliphatic heterocycles. The minimum Gasteiger partial charge on any atom is -0.444 e. The predicted octanol–water partition coefficient (Wildman–Crippen LogP) is 0.713. The second-order valence-corrected chi connectivity index (χ2v) is 11.2. The summed E-state index contributed by atoms with van der Waals surface area (Å²) in [4.78, 5) is 66.1. The van der Waals surface area contributed by atoms with Gasteiger partial charge in [-0.15, -0.1) is 0 Å². The summed E-state index contributed by atoms with van der Waals surface area (Å²) >= 11 is 0. The van der Waals surface area contributed by atoms with Gasteiger partial charge in [0.15, 0.2) is 22.9 Å². The molecule has 6 heterocycles. The minimum absolute atomic E-state index is 0.0682. The van der Waals surface area contributed by atoms with E-state index in [0.717, 1.165) is 57.7 Å². The molecule has 0 aliphatic carbocycles. The third kappa shape index (κ3) is 6.82. The molecule has 41 heavy (non-hydrogen) atoms. The summed E-state index contributed by atoms with van der Waals surface area (Å²) in [5.41, 5.74) is 7.15. The average Bonchev–Trinajstić information content (AvgIpc) is 3.49. The Kier molecular flexibility index (Phi) is 7.92. The van der Waals surface area contributed by atoms with E-state index in [4.69, 9.17) is 10.5 Å². The number of hydrogen-bond donors (Lipinski definition) is 6. The van der Waals surface area contributed by atoms with Crippen molar-refractivity contribution in [3.05, 3.63) is 33.6 Å². The van der Waals surface area contributed by atoms with E-state index in [1.165, 1.54) is 12.7 Å². The number of fused-ring (bicyclic) bond motifs is 2. The molecule has 6 rings (SSSR count). The van der Waals surface area contributed by atoms with Gasteiger partial charge in [0.1, 0.15) is 29.3 Å². The van der Waals surface area contributed by atoms with Gasteiger partial charge in [0, 0.05) is 38.3 Å². The molecule has 0 radical (unpaired) electrons. The Hall–Kier alpha value is -4.47. The average molecular weight is 569 g/mol. The molecule has 0 atom stereocenters. The molecule has 220 valence electrons. The molecule has 16 nitrogen and oxygen atoms in total. The van der Waals surface area contributed by atoms with Crippen molar-refractivity contribution in [3.8, 4) is 0 Å². The number of carbonyl (C=O) groups is 1. The lowest BCUT2D eigenvalue weighted by atomic mass is 10.1. The number of nitrogens with two attached hydrogens (primary N) is 1. The first kappa shape index (κ1) is 28.1. The lowest BCUT2D eigenvalue weighted by Gasteiger charge is -2.33. The lowest BCUT2D eigenvalue weighted by Crippen LogP contribution is -2.46. The second kappa shape index (κ2) is 11.6. The van der Waals surface area contributed by atoms with E-state index in [1.54, 1.807) is 0 Å². The van der Waals surface area contributed by atoms with Crippen molar-refractivity contribution in [3.63, 3.8) is 0 Å². The molecule has 2 aliphatic rings. The van der Waals surface area contributed by atoms with Crippen molar-refractivity contribution in [2.45, 2.75) is 64.1 Å². The number of anilines is 2. The molecule has 0 unspecified atom stereocenters. The number of rotatable bonds is 3. The van der Waals surface area contributed by atoms with Gasteiger partial charge in [0.25, 0.3) is 0 Å². The van der Waals surface area contributed by atoms with E-state index in [-0.39, 0.29) is 29.6 Å². The lowest BCUT2D eigenvalue weighted by molar-refractivity contribution is 0.0497. The van der Waals surface area contributed by atoms with Gasteiger partial charge in [-0.1, -0.05) is 0 Å². The van der Waals surface area contributed by atoms with Gasteiger partial charge >= 0.3 is 17.5 Å². The number of hydrogen-bond acceptors (Lipinski definition) is 11. The highest BCUT2D eigenvalue weighted by molar-refractivity contribution is 5.83. The summed E-state index contributed by atoms with van der Waals surface area (Å²) in [6.45, 7) is 8.69. The summed E-state index contributed by atoms with van der Waals surface area (Å²) in [5, 5.41) is 2.90. The number of nitrogens with zero attached hydrogens (tertiary/aromatic N) is 6. The van der Waals surface area contributed by atoms with Crippen LogP contribution in [0.5, 0.6) is 0 Å². The minimum atomic E-state index is -0.502. The van der Waals surface area contributed by atoms with Crippen LogP contribution >= 0.6 is 0 Å². The normalized spacial score (nSPS) is 17.0. The highest BCUT2D eigenvalue weighted by Gasteiger charge is 2.25. The van der Waals surface area contributed by atoms with Gasteiger partial charge < -0.3 is 35.6 Å². The molecule has 0 aromatic carbocycles. The topological polar surface area (TPSA) is 220 Å². The van der Waals surface area contributed by atoms with Gasteiger partial charge in [-0.2, -0.15) is 0 Å². The van der Waals surface area contributed by atoms with Crippen molar-refractivity contribution in [1.82, 2.24) is 45.2 Å².